The Morgan fingerprint density at radius 3 is 2.57 bits per heavy atom. The molecule has 0 fully saturated rings. The first-order valence-electron chi connectivity index (χ1n) is 9.84. The highest BCUT2D eigenvalue weighted by Crippen LogP contribution is 2.40. The van der Waals surface area contributed by atoms with Crippen LogP contribution in [0.5, 0.6) is 0 Å². The number of anilines is 1. The highest BCUT2D eigenvalue weighted by atomic mass is 79.9. The predicted octanol–water partition coefficient (Wildman–Crippen LogP) is 4.50. The average molecular weight is 473 g/mol. The number of halogens is 2. The van der Waals surface area contributed by atoms with Gasteiger partial charge in [0, 0.05) is 11.6 Å². The van der Waals surface area contributed by atoms with Crippen LogP contribution >= 0.6 is 15.9 Å². The molecule has 1 unspecified atom stereocenters. The topological polar surface area (TPSA) is 76.8 Å². The predicted molar refractivity (Wildman–Crippen MR) is 115 cm³/mol. The zero-order valence-electron chi connectivity index (χ0n) is 17.2. The highest BCUT2D eigenvalue weighted by molar-refractivity contribution is 9.09. The molecule has 0 spiro atoms. The molecule has 3 heterocycles. The Labute approximate surface area is 182 Å². The van der Waals surface area contributed by atoms with Crippen LogP contribution in [0.1, 0.15) is 65.9 Å². The van der Waals surface area contributed by atoms with E-state index < -0.39 is 4.83 Å². The molecule has 1 aliphatic heterocycles. The van der Waals surface area contributed by atoms with Crippen LogP contribution in [0, 0.1) is 12.7 Å². The summed E-state index contributed by atoms with van der Waals surface area (Å²) in [4.78, 5) is 23.6. The molecule has 0 bridgehead atoms. The molecule has 2 atom stereocenters. The van der Waals surface area contributed by atoms with Gasteiger partial charge in [-0.05, 0) is 51.5 Å². The van der Waals surface area contributed by atoms with Crippen LogP contribution in [0.25, 0.3) is 5.69 Å². The molecule has 4 rings (SSSR count). The summed E-state index contributed by atoms with van der Waals surface area (Å²) in [6.45, 7) is 8.20. The fourth-order valence-electron chi connectivity index (χ4n) is 3.88. The summed E-state index contributed by atoms with van der Waals surface area (Å²) in [5.74, 6) is 2.12. The smallest absolute Gasteiger partial charge is 0.184 e. The number of Topliss-reactive ketones (excluding diaryl/α,β-unsaturated/α-hetero) is 1. The third kappa shape index (κ3) is 3.30. The first-order valence-corrected chi connectivity index (χ1v) is 10.8. The Bertz CT molecular complexity index is 1100. The van der Waals surface area contributed by atoms with Gasteiger partial charge < -0.3 is 4.90 Å². The van der Waals surface area contributed by atoms with Gasteiger partial charge in [0.25, 0.3) is 0 Å². The number of carbonyl (C=O) groups is 1. The van der Waals surface area contributed by atoms with E-state index in [0.29, 0.717) is 11.4 Å². The molecule has 3 aromatic rings. The normalized spacial score (nSPS) is 16.4. The van der Waals surface area contributed by atoms with E-state index in [1.807, 2.05) is 11.5 Å². The van der Waals surface area contributed by atoms with Crippen LogP contribution in [0.2, 0.25) is 0 Å². The molecule has 156 valence electrons. The highest BCUT2D eigenvalue weighted by Gasteiger charge is 2.37. The summed E-state index contributed by atoms with van der Waals surface area (Å²) in [7, 11) is 0. The number of rotatable bonds is 5. The van der Waals surface area contributed by atoms with E-state index in [4.69, 9.17) is 4.98 Å². The van der Waals surface area contributed by atoms with Crippen molar-refractivity contribution >= 4 is 27.5 Å². The van der Waals surface area contributed by atoms with E-state index in [0.717, 1.165) is 29.6 Å². The summed E-state index contributed by atoms with van der Waals surface area (Å²) in [6, 6.07) is 5.63. The van der Waals surface area contributed by atoms with E-state index in [1.54, 1.807) is 6.20 Å². The number of aromatic nitrogens is 5. The number of fused-ring (bicyclic) bond motifs is 3. The summed E-state index contributed by atoms with van der Waals surface area (Å²) in [6.07, 6.45) is 2.55. The first-order chi connectivity index (χ1) is 14.3. The van der Waals surface area contributed by atoms with Crippen molar-refractivity contribution < 1.29 is 9.18 Å². The van der Waals surface area contributed by atoms with Crippen molar-refractivity contribution in [1.29, 1.82) is 0 Å². The van der Waals surface area contributed by atoms with Gasteiger partial charge in [-0.25, -0.2) is 14.4 Å². The van der Waals surface area contributed by atoms with E-state index in [2.05, 4.69) is 56.8 Å². The molecule has 2 aromatic heterocycles. The van der Waals surface area contributed by atoms with Crippen molar-refractivity contribution in [1.82, 2.24) is 24.7 Å². The number of ketones is 1. The van der Waals surface area contributed by atoms with Crippen molar-refractivity contribution in [2.75, 3.05) is 4.90 Å². The SMILES string of the molecule is CC[C@@H]1c2nnc(C)n2-c2cnc(C(Br)C(=O)c3ccc(F)cc3)nc2N1C(C)C. The summed E-state index contributed by atoms with van der Waals surface area (Å²) < 4.78 is 15.2. The largest absolute Gasteiger partial charge is 0.342 e. The van der Waals surface area contributed by atoms with Crippen molar-refractivity contribution in [3.05, 3.63) is 59.3 Å². The Hall–Kier alpha value is -2.68. The summed E-state index contributed by atoms with van der Waals surface area (Å²) in [5.41, 5.74) is 1.19. The molecule has 9 heteroatoms. The standard InChI is InChI=1S/C21H22BrFN6O/c1-5-15-21-27-26-12(4)29(21)16-10-24-19(25-20(16)28(15)11(2)3)17(22)18(30)13-6-8-14(23)9-7-13/h6-11,15,17H,5H2,1-4H3/t15-,17?/m1/s1. The molecule has 0 radical (unpaired) electrons. The lowest BCUT2D eigenvalue weighted by Gasteiger charge is -2.40. The molecule has 0 amide bonds. The molecule has 0 saturated heterocycles. The van der Waals surface area contributed by atoms with E-state index in [9.17, 15) is 9.18 Å². The maximum absolute atomic E-state index is 13.2. The molecule has 7 nitrogen and oxygen atoms in total. The Kier molecular flexibility index (Phi) is 5.40. The minimum absolute atomic E-state index is 0.0167. The molecule has 0 saturated carbocycles. The van der Waals surface area contributed by atoms with Crippen molar-refractivity contribution in [3.63, 3.8) is 0 Å². The van der Waals surface area contributed by atoms with Crippen molar-refractivity contribution in [2.24, 2.45) is 0 Å². The Morgan fingerprint density at radius 1 is 1.23 bits per heavy atom. The van der Waals surface area contributed by atoms with Gasteiger partial charge in [-0.15, -0.1) is 10.2 Å². The monoisotopic (exact) mass is 472 g/mol. The number of aryl methyl sites for hydroxylation is 1. The van der Waals surface area contributed by atoms with Gasteiger partial charge in [0.05, 0.1) is 12.2 Å². The van der Waals surface area contributed by atoms with E-state index in [-0.39, 0.29) is 23.7 Å². The molecule has 1 aromatic carbocycles. The number of nitrogens with zero attached hydrogens (tertiary/aromatic N) is 6. The maximum atomic E-state index is 13.2. The van der Waals surface area contributed by atoms with E-state index in [1.165, 1.54) is 24.3 Å². The van der Waals surface area contributed by atoms with Gasteiger partial charge >= 0.3 is 0 Å². The minimum atomic E-state index is -0.745. The van der Waals surface area contributed by atoms with Gasteiger partial charge in [-0.3, -0.25) is 9.36 Å². The van der Waals surface area contributed by atoms with Crippen LogP contribution in [-0.4, -0.2) is 36.6 Å². The first kappa shape index (κ1) is 20.6. The molecular weight excluding hydrogens is 451 g/mol. The van der Waals surface area contributed by atoms with Gasteiger partial charge in [-0.1, -0.05) is 22.9 Å². The molecule has 1 aliphatic rings. The fourth-order valence-corrected chi connectivity index (χ4v) is 4.36. The second kappa shape index (κ2) is 7.86. The van der Waals surface area contributed by atoms with Crippen LogP contribution in [0.4, 0.5) is 10.2 Å². The van der Waals surface area contributed by atoms with Gasteiger partial charge in [-0.2, -0.15) is 0 Å². The number of carbonyl (C=O) groups excluding carboxylic acids is 1. The molecule has 0 aliphatic carbocycles. The lowest BCUT2D eigenvalue weighted by molar-refractivity contribution is 0.0989. The summed E-state index contributed by atoms with van der Waals surface area (Å²) in [5, 5.41) is 8.65. The van der Waals surface area contributed by atoms with Gasteiger partial charge in [0.1, 0.15) is 22.2 Å². The number of benzene rings is 1. The Balaban J connectivity index is 1.80. The molecule has 0 N–H and O–H groups in total. The lowest BCUT2D eigenvalue weighted by Crippen LogP contribution is -2.40. The van der Waals surface area contributed by atoms with Crippen LogP contribution in [-0.2, 0) is 0 Å². The average Bonchev–Trinajstić information content (AvgIpc) is 3.13. The second-order valence-corrected chi connectivity index (χ2v) is 8.45. The second-order valence-electron chi connectivity index (χ2n) is 7.54. The zero-order chi connectivity index (χ0) is 21.6. The van der Waals surface area contributed by atoms with Crippen LogP contribution in [0.15, 0.2) is 30.5 Å². The minimum Gasteiger partial charge on any atom is -0.342 e. The maximum Gasteiger partial charge on any atom is 0.184 e. The van der Waals surface area contributed by atoms with Crippen molar-refractivity contribution in [2.45, 2.75) is 51.0 Å². The lowest BCUT2D eigenvalue weighted by atomic mass is 10.1. The van der Waals surface area contributed by atoms with Crippen molar-refractivity contribution in [3.8, 4) is 5.69 Å². The molecule has 30 heavy (non-hydrogen) atoms. The van der Waals surface area contributed by atoms with Gasteiger partial charge in [0.15, 0.2) is 23.2 Å². The third-order valence-electron chi connectivity index (χ3n) is 5.27. The quantitative estimate of drug-likeness (QED) is 0.401. The van der Waals surface area contributed by atoms with Crippen LogP contribution in [0.3, 0.4) is 0 Å². The fraction of sp³-hybridized carbons (Fsp3) is 0.381. The Morgan fingerprint density at radius 2 is 1.93 bits per heavy atom. The third-order valence-corrected chi connectivity index (χ3v) is 6.09. The number of alkyl halides is 1. The van der Waals surface area contributed by atoms with E-state index >= 15 is 0 Å². The van der Waals surface area contributed by atoms with Gasteiger partial charge in [0.2, 0.25) is 0 Å². The van der Waals surface area contributed by atoms with Crippen LogP contribution < -0.4 is 4.90 Å². The zero-order valence-corrected chi connectivity index (χ0v) is 18.8. The number of hydrogen-bond acceptors (Lipinski definition) is 6. The molecular formula is C21H22BrFN6O. The summed E-state index contributed by atoms with van der Waals surface area (Å²) >= 11 is 3.44. The number of hydrogen-bond donors (Lipinski definition) is 0.